The van der Waals surface area contributed by atoms with E-state index in [0.29, 0.717) is 4.88 Å². The largest absolute Gasteiger partial charge is 0.479 e. The van der Waals surface area contributed by atoms with Crippen LogP contribution in [0.15, 0.2) is 23.6 Å². The Hall–Kier alpha value is -1.89. The molecule has 0 saturated heterocycles. The summed E-state index contributed by atoms with van der Waals surface area (Å²) >= 11 is 1.12. The van der Waals surface area contributed by atoms with E-state index >= 15 is 0 Å². The summed E-state index contributed by atoms with van der Waals surface area (Å²) in [5, 5.41) is 1.64. The van der Waals surface area contributed by atoms with Gasteiger partial charge < -0.3 is 4.74 Å². The lowest BCUT2D eigenvalue weighted by molar-refractivity contribution is 0.0918. The van der Waals surface area contributed by atoms with E-state index in [4.69, 9.17) is 0 Å². The first-order valence-corrected chi connectivity index (χ1v) is 5.91. The van der Waals surface area contributed by atoms with E-state index in [1.54, 1.807) is 11.4 Å². The number of ketones is 1. The molecule has 2 aromatic rings. The van der Waals surface area contributed by atoms with Gasteiger partial charge in [0.2, 0.25) is 17.4 Å². The van der Waals surface area contributed by atoms with Crippen molar-refractivity contribution in [2.24, 2.45) is 0 Å². The van der Waals surface area contributed by atoms with Crippen LogP contribution < -0.4 is 4.74 Å². The van der Waals surface area contributed by atoms with E-state index in [2.05, 4.69) is 4.74 Å². The van der Waals surface area contributed by atoms with E-state index in [9.17, 15) is 22.4 Å². The van der Waals surface area contributed by atoms with Gasteiger partial charge in [0.15, 0.2) is 24.0 Å². The maximum atomic E-state index is 13.2. The molecule has 0 atom stereocenters. The standard InChI is InChI=1S/C12H6F4O2S/c13-6-4-7(14)11(16)12(10(6)15)18-5-8(17)9-2-1-3-19-9/h1-4H,5H2. The third-order valence-electron chi connectivity index (χ3n) is 2.22. The predicted octanol–water partition coefficient (Wildman–Crippen LogP) is 3.57. The number of halogens is 4. The Morgan fingerprint density at radius 2 is 1.79 bits per heavy atom. The number of ether oxygens (including phenoxy) is 1. The fraction of sp³-hybridized carbons (Fsp3) is 0.0833. The van der Waals surface area contributed by atoms with Crippen molar-refractivity contribution in [3.05, 3.63) is 51.7 Å². The van der Waals surface area contributed by atoms with Crippen LogP contribution in [0.4, 0.5) is 17.6 Å². The summed E-state index contributed by atoms with van der Waals surface area (Å²) in [5.41, 5.74) is 0. The molecule has 0 aliphatic carbocycles. The molecule has 0 saturated carbocycles. The molecule has 7 heteroatoms. The third kappa shape index (κ3) is 2.76. The first kappa shape index (κ1) is 13.5. The van der Waals surface area contributed by atoms with Gasteiger partial charge in [0.1, 0.15) is 0 Å². The maximum absolute atomic E-state index is 13.2. The highest BCUT2D eigenvalue weighted by Crippen LogP contribution is 2.26. The lowest BCUT2D eigenvalue weighted by atomic mass is 10.3. The Morgan fingerprint density at radius 3 is 2.32 bits per heavy atom. The number of hydrogen-bond acceptors (Lipinski definition) is 3. The van der Waals surface area contributed by atoms with Crippen molar-refractivity contribution >= 4 is 17.1 Å². The average molecular weight is 290 g/mol. The molecule has 1 heterocycles. The molecule has 2 nitrogen and oxygen atoms in total. The van der Waals surface area contributed by atoms with Gasteiger partial charge in [0.05, 0.1) is 4.88 Å². The Kier molecular flexibility index (Phi) is 3.84. The van der Waals surface area contributed by atoms with Crippen molar-refractivity contribution in [2.75, 3.05) is 6.61 Å². The molecule has 0 radical (unpaired) electrons. The molecule has 0 fully saturated rings. The van der Waals surface area contributed by atoms with Gasteiger partial charge >= 0.3 is 0 Å². The summed E-state index contributed by atoms with van der Waals surface area (Å²) in [6.45, 7) is -0.711. The molecule has 0 amide bonds. The zero-order valence-corrected chi connectivity index (χ0v) is 10.1. The SMILES string of the molecule is O=C(COc1c(F)c(F)cc(F)c1F)c1cccs1. The minimum absolute atomic E-state index is 0.0681. The smallest absolute Gasteiger partial charge is 0.210 e. The van der Waals surface area contributed by atoms with Crippen molar-refractivity contribution in [1.82, 2.24) is 0 Å². The van der Waals surface area contributed by atoms with Crippen molar-refractivity contribution in [2.45, 2.75) is 0 Å². The number of thiophene rings is 1. The van der Waals surface area contributed by atoms with Crippen molar-refractivity contribution in [3.63, 3.8) is 0 Å². The van der Waals surface area contributed by atoms with Crippen molar-refractivity contribution in [3.8, 4) is 5.75 Å². The highest BCUT2D eigenvalue weighted by molar-refractivity contribution is 7.12. The van der Waals surface area contributed by atoms with Crippen molar-refractivity contribution in [1.29, 1.82) is 0 Å². The van der Waals surface area contributed by atoms with Gasteiger partial charge in [0, 0.05) is 6.07 Å². The van der Waals surface area contributed by atoms with Gasteiger partial charge in [-0.05, 0) is 11.4 Å². The maximum Gasteiger partial charge on any atom is 0.210 e. The Morgan fingerprint density at radius 1 is 1.16 bits per heavy atom. The molecule has 100 valence electrons. The number of carbonyl (C=O) groups excluding carboxylic acids is 1. The molecule has 0 spiro atoms. The number of rotatable bonds is 4. The normalized spacial score (nSPS) is 10.5. The minimum Gasteiger partial charge on any atom is -0.479 e. The summed E-state index contributed by atoms with van der Waals surface area (Å²) in [6, 6.07) is 3.18. The summed E-state index contributed by atoms with van der Waals surface area (Å²) in [7, 11) is 0. The fourth-order valence-electron chi connectivity index (χ4n) is 1.32. The van der Waals surface area contributed by atoms with Crippen molar-refractivity contribution < 1.29 is 27.1 Å². The topological polar surface area (TPSA) is 26.3 Å². The van der Waals surface area contributed by atoms with Gasteiger partial charge in [0.25, 0.3) is 0 Å². The first-order chi connectivity index (χ1) is 9.00. The Balaban J connectivity index is 2.18. The first-order valence-electron chi connectivity index (χ1n) is 5.03. The minimum atomic E-state index is -1.67. The second-order valence-electron chi connectivity index (χ2n) is 3.49. The lowest BCUT2D eigenvalue weighted by Crippen LogP contribution is -2.13. The Bertz CT molecular complexity index is 584. The van der Waals surface area contributed by atoms with Gasteiger partial charge in [-0.15, -0.1) is 11.3 Å². The summed E-state index contributed by atoms with van der Waals surface area (Å²) in [4.78, 5) is 11.8. The van der Waals surface area contributed by atoms with E-state index in [1.807, 2.05) is 0 Å². The second kappa shape index (κ2) is 5.40. The van der Waals surface area contributed by atoms with E-state index < -0.39 is 41.4 Å². The van der Waals surface area contributed by atoms with Crippen LogP contribution in [-0.4, -0.2) is 12.4 Å². The lowest BCUT2D eigenvalue weighted by Gasteiger charge is -2.08. The molecule has 0 bridgehead atoms. The number of carbonyl (C=O) groups is 1. The molecule has 0 N–H and O–H groups in total. The highest BCUT2D eigenvalue weighted by atomic mass is 32.1. The van der Waals surface area contributed by atoms with Gasteiger partial charge in [-0.3, -0.25) is 4.79 Å². The van der Waals surface area contributed by atoms with Gasteiger partial charge in [-0.25, -0.2) is 8.78 Å². The highest BCUT2D eigenvalue weighted by Gasteiger charge is 2.21. The number of Topliss-reactive ketones (excluding diaryl/α,β-unsaturated/α-hetero) is 1. The van der Waals surface area contributed by atoms with Crippen LogP contribution >= 0.6 is 11.3 Å². The molecule has 0 aliphatic heterocycles. The third-order valence-corrected chi connectivity index (χ3v) is 3.13. The van der Waals surface area contributed by atoms with Crippen LogP contribution in [0.2, 0.25) is 0 Å². The van der Waals surface area contributed by atoms with Crippen LogP contribution in [0.25, 0.3) is 0 Å². The second-order valence-corrected chi connectivity index (χ2v) is 4.43. The summed E-state index contributed by atoms with van der Waals surface area (Å²) < 4.78 is 56.7. The Labute approximate surface area is 109 Å². The van der Waals surface area contributed by atoms with Crippen LogP contribution in [0.3, 0.4) is 0 Å². The van der Waals surface area contributed by atoms with Crippen LogP contribution in [0.1, 0.15) is 9.67 Å². The van der Waals surface area contributed by atoms with E-state index in [-0.39, 0.29) is 6.07 Å². The number of benzene rings is 1. The number of hydrogen-bond donors (Lipinski definition) is 0. The quantitative estimate of drug-likeness (QED) is 0.489. The van der Waals surface area contributed by atoms with Crippen LogP contribution in [-0.2, 0) is 0 Å². The van der Waals surface area contributed by atoms with Gasteiger partial charge in [-0.2, -0.15) is 8.78 Å². The zero-order valence-electron chi connectivity index (χ0n) is 9.25. The summed E-state index contributed by atoms with van der Waals surface area (Å²) in [6.07, 6.45) is 0. The molecule has 1 aromatic carbocycles. The van der Waals surface area contributed by atoms with Gasteiger partial charge in [-0.1, -0.05) is 6.07 Å². The molecule has 0 aliphatic rings. The fourth-order valence-corrected chi connectivity index (χ4v) is 1.98. The average Bonchev–Trinajstić information content (AvgIpc) is 2.90. The molecular formula is C12H6F4O2S. The molecule has 0 unspecified atom stereocenters. The molecule has 2 rings (SSSR count). The molecule has 1 aromatic heterocycles. The van der Waals surface area contributed by atoms with E-state index in [0.717, 1.165) is 11.3 Å². The molecular weight excluding hydrogens is 284 g/mol. The monoisotopic (exact) mass is 290 g/mol. The van der Waals surface area contributed by atoms with Crippen LogP contribution in [0, 0.1) is 23.3 Å². The van der Waals surface area contributed by atoms with E-state index in [1.165, 1.54) is 6.07 Å². The molecule has 19 heavy (non-hydrogen) atoms. The zero-order chi connectivity index (χ0) is 14.0. The predicted molar refractivity (Wildman–Crippen MR) is 60.4 cm³/mol. The van der Waals surface area contributed by atoms with Crippen LogP contribution in [0.5, 0.6) is 5.75 Å². The summed E-state index contributed by atoms with van der Waals surface area (Å²) in [5.74, 6) is -8.29.